The molecule has 1 N–H and O–H groups in total. The molecular formula is C14H26N2O. The summed E-state index contributed by atoms with van der Waals surface area (Å²) in [6.45, 7) is 5.40. The predicted molar refractivity (Wildman–Crippen MR) is 69.9 cm³/mol. The Morgan fingerprint density at radius 2 is 2.00 bits per heavy atom. The van der Waals surface area contributed by atoms with Crippen LogP contribution in [-0.2, 0) is 4.79 Å². The molecule has 0 aromatic carbocycles. The average Bonchev–Trinajstić information content (AvgIpc) is 2.40. The molecule has 17 heavy (non-hydrogen) atoms. The van der Waals surface area contributed by atoms with Crippen LogP contribution in [0.1, 0.15) is 51.9 Å². The standard InChI is InChI=1S/C14H26N2O/c1-2-13-5-3-4-10-16(13)14(17)11-12-6-8-15-9-7-12/h12-13,15H,2-11H2,1H3/t13-/m1/s1. The molecule has 2 heterocycles. The van der Waals surface area contributed by atoms with Gasteiger partial charge in [0.25, 0.3) is 0 Å². The first-order valence-electron chi connectivity index (χ1n) is 7.31. The van der Waals surface area contributed by atoms with Crippen LogP contribution in [0.4, 0.5) is 0 Å². The van der Waals surface area contributed by atoms with Gasteiger partial charge in [0.15, 0.2) is 0 Å². The Labute approximate surface area is 105 Å². The van der Waals surface area contributed by atoms with E-state index in [4.69, 9.17) is 0 Å². The summed E-state index contributed by atoms with van der Waals surface area (Å²) in [5.74, 6) is 1.05. The van der Waals surface area contributed by atoms with Gasteiger partial charge >= 0.3 is 0 Å². The topological polar surface area (TPSA) is 32.3 Å². The van der Waals surface area contributed by atoms with Crippen LogP contribution < -0.4 is 5.32 Å². The summed E-state index contributed by atoms with van der Waals surface area (Å²) in [4.78, 5) is 14.5. The van der Waals surface area contributed by atoms with Gasteiger partial charge in [-0.25, -0.2) is 0 Å². The first kappa shape index (κ1) is 12.9. The SMILES string of the molecule is CC[C@@H]1CCCCN1C(=O)CC1CCNCC1. The molecule has 0 spiro atoms. The Balaban J connectivity index is 1.84. The summed E-state index contributed by atoms with van der Waals surface area (Å²) in [7, 11) is 0. The quantitative estimate of drug-likeness (QED) is 0.817. The van der Waals surface area contributed by atoms with Gasteiger partial charge in [0.1, 0.15) is 0 Å². The van der Waals surface area contributed by atoms with Gasteiger partial charge < -0.3 is 10.2 Å². The molecule has 2 aliphatic heterocycles. The third-order valence-corrected chi connectivity index (χ3v) is 4.34. The van der Waals surface area contributed by atoms with Gasteiger partial charge in [0.05, 0.1) is 0 Å². The molecule has 0 unspecified atom stereocenters. The van der Waals surface area contributed by atoms with Crippen molar-refractivity contribution in [3.8, 4) is 0 Å². The van der Waals surface area contributed by atoms with Crippen LogP contribution in [0.5, 0.6) is 0 Å². The smallest absolute Gasteiger partial charge is 0.223 e. The molecule has 0 radical (unpaired) electrons. The molecule has 1 amide bonds. The molecule has 0 saturated carbocycles. The lowest BCUT2D eigenvalue weighted by Gasteiger charge is -2.36. The molecule has 2 rings (SSSR count). The van der Waals surface area contributed by atoms with Crippen molar-refractivity contribution < 1.29 is 4.79 Å². The van der Waals surface area contributed by atoms with E-state index < -0.39 is 0 Å². The van der Waals surface area contributed by atoms with Crippen LogP contribution >= 0.6 is 0 Å². The summed E-state index contributed by atoms with van der Waals surface area (Å²) in [5, 5.41) is 3.36. The summed E-state index contributed by atoms with van der Waals surface area (Å²) < 4.78 is 0. The van der Waals surface area contributed by atoms with E-state index in [1.165, 1.54) is 32.1 Å². The molecule has 0 bridgehead atoms. The normalized spacial score (nSPS) is 27.1. The summed E-state index contributed by atoms with van der Waals surface area (Å²) >= 11 is 0. The maximum absolute atomic E-state index is 12.3. The van der Waals surface area contributed by atoms with Crippen molar-refractivity contribution in [2.24, 2.45) is 5.92 Å². The zero-order valence-corrected chi connectivity index (χ0v) is 11.1. The molecule has 2 saturated heterocycles. The molecular weight excluding hydrogens is 212 g/mol. The molecule has 0 aromatic heterocycles. The number of piperidine rings is 2. The van der Waals surface area contributed by atoms with E-state index in [9.17, 15) is 4.79 Å². The zero-order valence-electron chi connectivity index (χ0n) is 11.1. The number of hydrogen-bond acceptors (Lipinski definition) is 2. The van der Waals surface area contributed by atoms with Crippen molar-refractivity contribution in [1.82, 2.24) is 10.2 Å². The van der Waals surface area contributed by atoms with E-state index in [2.05, 4.69) is 17.1 Å². The van der Waals surface area contributed by atoms with Crippen molar-refractivity contribution in [2.45, 2.75) is 57.9 Å². The van der Waals surface area contributed by atoms with Gasteiger partial charge in [-0.15, -0.1) is 0 Å². The van der Waals surface area contributed by atoms with E-state index >= 15 is 0 Å². The van der Waals surface area contributed by atoms with Crippen LogP contribution in [0.15, 0.2) is 0 Å². The highest BCUT2D eigenvalue weighted by atomic mass is 16.2. The number of rotatable bonds is 3. The Hall–Kier alpha value is -0.570. The summed E-state index contributed by atoms with van der Waals surface area (Å²) in [6, 6.07) is 0.526. The second kappa shape index (κ2) is 6.39. The van der Waals surface area contributed by atoms with Crippen LogP contribution in [0.3, 0.4) is 0 Å². The fraction of sp³-hybridized carbons (Fsp3) is 0.929. The average molecular weight is 238 g/mol. The molecule has 2 aliphatic rings. The first-order chi connectivity index (χ1) is 8.31. The lowest BCUT2D eigenvalue weighted by molar-refractivity contribution is -0.136. The number of likely N-dealkylation sites (tertiary alicyclic amines) is 1. The number of carbonyl (C=O) groups excluding carboxylic acids is 1. The Morgan fingerprint density at radius 1 is 1.24 bits per heavy atom. The summed E-state index contributed by atoms with van der Waals surface area (Å²) in [5.41, 5.74) is 0. The third-order valence-electron chi connectivity index (χ3n) is 4.34. The highest BCUT2D eigenvalue weighted by Crippen LogP contribution is 2.23. The number of hydrogen-bond donors (Lipinski definition) is 1. The number of nitrogens with zero attached hydrogens (tertiary/aromatic N) is 1. The van der Waals surface area contributed by atoms with Gasteiger partial charge in [-0.3, -0.25) is 4.79 Å². The Kier molecular flexibility index (Phi) is 4.84. The van der Waals surface area contributed by atoms with E-state index in [0.29, 0.717) is 17.9 Å². The van der Waals surface area contributed by atoms with Gasteiger partial charge in [0.2, 0.25) is 5.91 Å². The Morgan fingerprint density at radius 3 is 2.71 bits per heavy atom. The second-order valence-corrected chi connectivity index (χ2v) is 5.54. The molecule has 3 heteroatoms. The lowest BCUT2D eigenvalue weighted by Crippen LogP contribution is -2.44. The highest BCUT2D eigenvalue weighted by Gasteiger charge is 2.27. The van der Waals surface area contributed by atoms with E-state index in [0.717, 1.165) is 32.5 Å². The van der Waals surface area contributed by atoms with Crippen molar-refractivity contribution in [2.75, 3.05) is 19.6 Å². The number of carbonyl (C=O) groups is 1. The molecule has 0 aliphatic carbocycles. The van der Waals surface area contributed by atoms with E-state index in [1.54, 1.807) is 0 Å². The fourth-order valence-electron chi connectivity index (χ4n) is 3.20. The zero-order chi connectivity index (χ0) is 12.1. The molecule has 0 aromatic rings. The molecule has 2 fully saturated rings. The summed E-state index contributed by atoms with van der Waals surface area (Å²) in [6.07, 6.45) is 7.99. The first-order valence-corrected chi connectivity index (χ1v) is 7.31. The third kappa shape index (κ3) is 3.44. The Bertz CT molecular complexity index is 249. The molecule has 3 nitrogen and oxygen atoms in total. The maximum Gasteiger partial charge on any atom is 0.223 e. The van der Waals surface area contributed by atoms with Gasteiger partial charge in [-0.2, -0.15) is 0 Å². The monoisotopic (exact) mass is 238 g/mol. The van der Waals surface area contributed by atoms with E-state index in [-0.39, 0.29) is 0 Å². The van der Waals surface area contributed by atoms with Crippen molar-refractivity contribution >= 4 is 5.91 Å². The number of amides is 1. The van der Waals surface area contributed by atoms with Crippen molar-refractivity contribution in [1.29, 1.82) is 0 Å². The van der Waals surface area contributed by atoms with Crippen LogP contribution in [-0.4, -0.2) is 36.5 Å². The van der Waals surface area contributed by atoms with Crippen LogP contribution in [0.2, 0.25) is 0 Å². The minimum atomic E-state index is 0.420. The van der Waals surface area contributed by atoms with Gasteiger partial charge in [-0.1, -0.05) is 6.92 Å². The molecule has 98 valence electrons. The molecule has 1 atom stereocenters. The minimum absolute atomic E-state index is 0.420. The fourth-order valence-corrected chi connectivity index (χ4v) is 3.20. The minimum Gasteiger partial charge on any atom is -0.340 e. The van der Waals surface area contributed by atoms with Crippen molar-refractivity contribution in [3.05, 3.63) is 0 Å². The van der Waals surface area contributed by atoms with Crippen LogP contribution in [0, 0.1) is 5.92 Å². The highest BCUT2D eigenvalue weighted by molar-refractivity contribution is 5.76. The lowest BCUT2D eigenvalue weighted by atomic mass is 9.92. The van der Waals surface area contributed by atoms with Crippen LogP contribution in [0.25, 0.3) is 0 Å². The predicted octanol–water partition coefficient (Wildman–Crippen LogP) is 2.17. The number of nitrogens with one attached hydrogen (secondary N) is 1. The largest absolute Gasteiger partial charge is 0.340 e. The van der Waals surface area contributed by atoms with Gasteiger partial charge in [-0.05, 0) is 57.5 Å². The van der Waals surface area contributed by atoms with Gasteiger partial charge in [0, 0.05) is 19.0 Å². The van der Waals surface area contributed by atoms with E-state index in [1.807, 2.05) is 0 Å². The van der Waals surface area contributed by atoms with Crippen molar-refractivity contribution in [3.63, 3.8) is 0 Å². The maximum atomic E-state index is 12.3. The second-order valence-electron chi connectivity index (χ2n) is 5.54.